The number of nitrogens with one attached hydrogen (secondary N) is 1. The molecule has 3 rings (SSSR count). The number of furan rings is 1. The highest BCUT2D eigenvalue weighted by atomic mass is 16.3. The van der Waals surface area contributed by atoms with Gasteiger partial charge in [-0.05, 0) is 44.0 Å². The molecule has 0 unspecified atom stereocenters. The van der Waals surface area contributed by atoms with Gasteiger partial charge in [0.2, 0.25) is 5.91 Å². The fourth-order valence-electron chi connectivity index (χ4n) is 2.88. The molecule has 118 valence electrons. The molecule has 1 aliphatic heterocycles. The van der Waals surface area contributed by atoms with Crippen molar-refractivity contribution in [2.24, 2.45) is 5.92 Å². The third kappa shape index (κ3) is 4.21. The summed E-state index contributed by atoms with van der Waals surface area (Å²) in [6.45, 7) is 3.92. The Kier molecular flexibility index (Phi) is 4.90. The monoisotopic (exact) mass is 302 g/mol. The van der Waals surface area contributed by atoms with Crippen LogP contribution in [0.15, 0.2) is 41.5 Å². The minimum Gasteiger partial charge on any atom is -0.467 e. The molecule has 1 N–H and O–H groups in total. The molecule has 0 radical (unpaired) electrons. The number of hydrogen-bond acceptors (Lipinski definition) is 4. The predicted molar refractivity (Wildman–Crippen MR) is 81.9 cm³/mol. The van der Waals surface area contributed by atoms with Gasteiger partial charge in [0, 0.05) is 18.9 Å². The highest BCUT2D eigenvalue weighted by Crippen LogP contribution is 2.18. The van der Waals surface area contributed by atoms with Gasteiger partial charge in [0.05, 0.1) is 25.7 Å². The zero-order valence-electron chi connectivity index (χ0n) is 12.6. The number of likely N-dealkylation sites (tertiary alicyclic amines) is 1. The Morgan fingerprint density at radius 1 is 1.41 bits per heavy atom. The lowest BCUT2D eigenvalue weighted by atomic mass is 9.97. The van der Waals surface area contributed by atoms with E-state index in [-0.39, 0.29) is 5.91 Å². The van der Waals surface area contributed by atoms with E-state index in [1.807, 2.05) is 30.9 Å². The van der Waals surface area contributed by atoms with Crippen molar-refractivity contribution < 1.29 is 9.21 Å². The smallest absolute Gasteiger partial charge is 0.234 e. The first-order valence-electron chi connectivity index (χ1n) is 7.77. The van der Waals surface area contributed by atoms with E-state index >= 15 is 0 Å². The van der Waals surface area contributed by atoms with Gasteiger partial charge in [0.15, 0.2) is 0 Å². The van der Waals surface area contributed by atoms with Crippen molar-refractivity contribution in [2.45, 2.75) is 25.9 Å². The highest BCUT2D eigenvalue weighted by molar-refractivity contribution is 5.77. The van der Waals surface area contributed by atoms with Crippen molar-refractivity contribution in [1.29, 1.82) is 0 Å². The molecular formula is C16H22N4O2. The van der Waals surface area contributed by atoms with Gasteiger partial charge >= 0.3 is 0 Å². The molecule has 0 aromatic carbocycles. The third-order valence-corrected chi connectivity index (χ3v) is 4.14. The van der Waals surface area contributed by atoms with Crippen LogP contribution < -0.4 is 5.32 Å². The van der Waals surface area contributed by atoms with E-state index in [0.29, 0.717) is 19.0 Å². The molecule has 2 aromatic rings. The number of carbonyl (C=O) groups excluding carboxylic acids is 1. The molecule has 0 spiro atoms. The van der Waals surface area contributed by atoms with E-state index in [4.69, 9.17) is 4.42 Å². The number of aromatic nitrogens is 2. The van der Waals surface area contributed by atoms with E-state index in [1.165, 1.54) is 0 Å². The molecule has 6 nitrogen and oxygen atoms in total. The maximum absolute atomic E-state index is 11.9. The fourth-order valence-corrected chi connectivity index (χ4v) is 2.88. The van der Waals surface area contributed by atoms with Crippen molar-refractivity contribution in [3.63, 3.8) is 0 Å². The summed E-state index contributed by atoms with van der Waals surface area (Å²) in [6.07, 6.45) is 9.57. The zero-order chi connectivity index (χ0) is 15.2. The maximum Gasteiger partial charge on any atom is 0.234 e. The average Bonchev–Trinajstić information content (AvgIpc) is 3.20. The Labute approximate surface area is 130 Å². The van der Waals surface area contributed by atoms with Gasteiger partial charge in [-0.15, -0.1) is 0 Å². The van der Waals surface area contributed by atoms with Crippen molar-refractivity contribution in [1.82, 2.24) is 19.8 Å². The summed E-state index contributed by atoms with van der Waals surface area (Å²) in [7, 11) is 0. The van der Waals surface area contributed by atoms with Crippen LogP contribution in [0.4, 0.5) is 0 Å². The quantitative estimate of drug-likeness (QED) is 0.878. The van der Waals surface area contributed by atoms with Gasteiger partial charge < -0.3 is 14.3 Å². The largest absolute Gasteiger partial charge is 0.467 e. The summed E-state index contributed by atoms with van der Waals surface area (Å²) in [6, 6.07) is 3.69. The maximum atomic E-state index is 11.9. The first kappa shape index (κ1) is 14.8. The minimum absolute atomic E-state index is 0.0597. The normalized spacial score (nSPS) is 16.7. The third-order valence-electron chi connectivity index (χ3n) is 4.14. The van der Waals surface area contributed by atoms with Crippen LogP contribution in [-0.2, 0) is 17.9 Å². The fraction of sp³-hybridized carbons (Fsp3) is 0.500. The van der Waals surface area contributed by atoms with Crippen molar-refractivity contribution in [3.05, 3.63) is 42.9 Å². The molecule has 2 aromatic heterocycles. The summed E-state index contributed by atoms with van der Waals surface area (Å²) in [5, 5.41) is 2.89. The van der Waals surface area contributed by atoms with E-state index in [9.17, 15) is 4.79 Å². The number of amides is 1. The number of rotatable bonds is 6. The molecule has 0 saturated carbocycles. The Bertz CT molecular complexity index is 557. The first-order chi connectivity index (χ1) is 10.8. The van der Waals surface area contributed by atoms with Crippen LogP contribution in [0.3, 0.4) is 0 Å². The molecule has 22 heavy (non-hydrogen) atoms. The number of carbonyl (C=O) groups is 1. The Hall–Kier alpha value is -2.08. The van der Waals surface area contributed by atoms with Gasteiger partial charge in [-0.1, -0.05) is 0 Å². The topological polar surface area (TPSA) is 63.3 Å². The lowest BCUT2D eigenvalue weighted by molar-refractivity contribution is -0.122. The van der Waals surface area contributed by atoms with Crippen molar-refractivity contribution in [2.75, 3.05) is 19.6 Å². The average molecular weight is 302 g/mol. The predicted octanol–water partition coefficient (Wildman–Crippen LogP) is 1.50. The zero-order valence-corrected chi connectivity index (χ0v) is 12.6. The van der Waals surface area contributed by atoms with Gasteiger partial charge in [-0.3, -0.25) is 9.69 Å². The van der Waals surface area contributed by atoms with E-state index in [0.717, 1.165) is 38.2 Å². The van der Waals surface area contributed by atoms with Crippen LogP contribution in [0.5, 0.6) is 0 Å². The van der Waals surface area contributed by atoms with E-state index in [2.05, 4.69) is 19.8 Å². The lowest BCUT2D eigenvalue weighted by Gasteiger charge is -2.31. The summed E-state index contributed by atoms with van der Waals surface area (Å²) < 4.78 is 7.34. The van der Waals surface area contributed by atoms with Crippen LogP contribution in [0.1, 0.15) is 18.6 Å². The molecule has 1 fully saturated rings. The van der Waals surface area contributed by atoms with Crippen LogP contribution in [-0.4, -0.2) is 40.0 Å². The SMILES string of the molecule is O=C(CN1CCC(Cn2ccnc2)CC1)NCc1ccco1. The van der Waals surface area contributed by atoms with Crippen LogP contribution in [0, 0.1) is 5.92 Å². The lowest BCUT2D eigenvalue weighted by Crippen LogP contribution is -2.41. The van der Waals surface area contributed by atoms with Crippen LogP contribution in [0.2, 0.25) is 0 Å². The molecule has 0 aliphatic carbocycles. The minimum atomic E-state index is 0.0597. The molecule has 1 saturated heterocycles. The van der Waals surface area contributed by atoms with E-state index in [1.54, 1.807) is 6.26 Å². The summed E-state index contributed by atoms with van der Waals surface area (Å²) in [5.41, 5.74) is 0. The van der Waals surface area contributed by atoms with Gasteiger partial charge in [0.1, 0.15) is 5.76 Å². The molecule has 0 atom stereocenters. The Morgan fingerprint density at radius 2 is 2.27 bits per heavy atom. The van der Waals surface area contributed by atoms with Gasteiger partial charge in [0.25, 0.3) is 0 Å². The molecular weight excluding hydrogens is 280 g/mol. The van der Waals surface area contributed by atoms with Gasteiger partial charge in [-0.25, -0.2) is 4.98 Å². The number of piperidine rings is 1. The summed E-state index contributed by atoms with van der Waals surface area (Å²) in [5.74, 6) is 1.52. The second-order valence-electron chi connectivity index (χ2n) is 5.84. The van der Waals surface area contributed by atoms with Gasteiger partial charge in [-0.2, -0.15) is 0 Å². The summed E-state index contributed by atoms with van der Waals surface area (Å²) >= 11 is 0. The number of nitrogens with zero attached hydrogens (tertiary/aromatic N) is 3. The molecule has 1 aliphatic rings. The Balaban J connectivity index is 1.35. The van der Waals surface area contributed by atoms with E-state index < -0.39 is 0 Å². The molecule has 6 heteroatoms. The van der Waals surface area contributed by atoms with Crippen LogP contribution in [0.25, 0.3) is 0 Å². The number of imidazole rings is 1. The standard InChI is InChI=1S/C16H22N4O2/c21-16(18-10-15-2-1-9-22-15)12-19-6-3-14(4-7-19)11-20-8-5-17-13-20/h1-2,5,8-9,13-14H,3-4,6-7,10-12H2,(H,18,21). The Morgan fingerprint density at radius 3 is 2.95 bits per heavy atom. The second-order valence-corrected chi connectivity index (χ2v) is 5.84. The second kappa shape index (κ2) is 7.26. The van der Waals surface area contributed by atoms with Crippen molar-refractivity contribution >= 4 is 5.91 Å². The first-order valence-corrected chi connectivity index (χ1v) is 7.77. The molecule has 1 amide bonds. The number of hydrogen-bond donors (Lipinski definition) is 1. The van der Waals surface area contributed by atoms with Crippen molar-refractivity contribution in [3.8, 4) is 0 Å². The van der Waals surface area contributed by atoms with Crippen LogP contribution >= 0.6 is 0 Å². The molecule has 3 heterocycles. The molecule has 0 bridgehead atoms. The summed E-state index contributed by atoms with van der Waals surface area (Å²) in [4.78, 5) is 18.2. The highest BCUT2D eigenvalue weighted by Gasteiger charge is 2.21.